The Hall–Kier alpha value is -3.17. The maximum atomic E-state index is 12.6. The van der Waals surface area contributed by atoms with Crippen molar-refractivity contribution in [3.8, 4) is 11.8 Å². The van der Waals surface area contributed by atoms with Gasteiger partial charge in [0.25, 0.3) is 0 Å². The molecular weight excluding hydrogens is 340 g/mol. The molecule has 1 atom stereocenters. The third kappa shape index (κ3) is 3.37. The Morgan fingerprint density at radius 3 is 2.48 bits per heavy atom. The van der Waals surface area contributed by atoms with Gasteiger partial charge in [-0.1, -0.05) is 35.9 Å². The summed E-state index contributed by atoms with van der Waals surface area (Å²) in [6.45, 7) is 0. The van der Waals surface area contributed by atoms with Crippen LogP contribution in [-0.4, -0.2) is 23.0 Å². The van der Waals surface area contributed by atoms with Gasteiger partial charge in [0.15, 0.2) is 11.1 Å². The van der Waals surface area contributed by atoms with Gasteiger partial charge in [-0.3, -0.25) is 4.79 Å². The lowest BCUT2D eigenvalue weighted by atomic mass is 10.1. The van der Waals surface area contributed by atoms with E-state index in [4.69, 9.17) is 16.3 Å². The largest absolute Gasteiger partial charge is 0.495 e. The molecular formula is C18H13ClN4O2. The Bertz CT molecular complexity index is 984. The number of anilines is 1. The Balaban J connectivity index is 1.96. The van der Waals surface area contributed by atoms with E-state index in [0.29, 0.717) is 22.5 Å². The minimum atomic E-state index is -1.20. The van der Waals surface area contributed by atoms with Gasteiger partial charge in [0.05, 0.1) is 29.9 Å². The number of rotatable bonds is 4. The molecule has 1 amide bonds. The molecule has 0 saturated carbocycles. The number of halogens is 1. The molecule has 3 rings (SSSR count). The number of para-hydroxylation sites is 4. The summed E-state index contributed by atoms with van der Waals surface area (Å²) < 4.78 is 5.20. The fourth-order valence-electron chi connectivity index (χ4n) is 2.37. The standard InChI is InChI=1S/C18H13ClN4O2/c1-25-15-9-5-4-8-14(15)23-18(24)11(10-20)16-17(19)22-13-7-3-2-6-12(13)21-16/h2-9,11H,1H3,(H,23,24). The van der Waals surface area contributed by atoms with Gasteiger partial charge in [-0.15, -0.1) is 0 Å². The fourth-order valence-corrected chi connectivity index (χ4v) is 2.61. The van der Waals surface area contributed by atoms with E-state index >= 15 is 0 Å². The van der Waals surface area contributed by atoms with Crippen LogP contribution < -0.4 is 10.1 Å². The number of carbonyl (C=O) groups is 1. The maximum absolute atomic E-state index is 12.6. The van der Waals surface area contributed by atoms with E-state index in [-0.39, 0.29) is 10.8 Å². The summed E-state index contributed by atoms with van der Waals surface area (Å²) in [4.78, 5) is 21.1. The number of methoxy groups -OCH3 is 1. The number of nitrogens with zero attached hydrogens (tertiary/aromatic N) is 3. The van der Waals surface area contributed by atoms with Crippen LogP contribution in [0.25, 0.3) is 11.0 Å². The summed E-state index contributed by atoms with van der Waals surface area (Å²) in [7, 11) is 1.50. The van der Waals surface area contributed by atoms with Crippen LogP contribution in [0.3, 0.4) is 0 Å². The summed E-state index contributed by atoms with van der Waals surface area (Å²) >= 11 is 6.15. The molecule has 7 heteroatoms. The highest BCUT2D eigenvalue weighted by molar-refractivity contribution is 6.30. The van der Waals surface area contributed by atoms with Gasteiger partial charge in [-0.25, -0.2) is 9.97 Å². The van der Waals surface area contributed by atoms with E-state index in [1.165, 1.54) is 7.11 Å². The van der Waals surface area contributed by atoms with Gasteiger partial charge < -0.3 is 10.1 Å². The van der Waals surface area contributed by atoms with Crippen LogP contribution in [0.1, 0.15) is 11.6 Å². The molecule has 25 heavy (non-hydrogen) atoms. The van der Waals surface area contributed by atoms with Gasteiger partial charge in [-0.2, -0.15) is 5.26 Å². The minimum absolute atomic E-state index is 0.0282. The van der Waals surface area contributed by atoms with Crippen LogP contribution >= 0.6 is 11.6 Å². The summed E-state index contributed by atoms with van der Waals surface area (Å²) in [6.07, 6.45) is 0. The molecule has 0 aliphatic heterocycles. The number of nitrogens with one attached hydrogen (secondary N) is 1. The van der Waals surface area contributed by atoms with Gasteiger partial charge in [0, 0.05) is 0 Å². The first-order chi connectivity index (χ1) is 12.1. The molecule has 3 aromatic rings. The number of aromatic nitrogens is 2. The molecule has 0 radical (unpaired) electrons. The molecule has 0 bridgehead atoms. The number of hydrogen-bond donors (Lipinski definition) is 1. The number of carbonyl (C=O) groups excluding carboxylic acids is 1. The van der Waals surface area contributed by atoms with Crippen LogP contribution in [0.5, 0.6) is 5.75 Å². The number of amides is 1. The molecule has 6 nitrogen and oxygen atoms in total. The van der Waals surface area contributed by atoms with Crippen molar-refractivity contribution in [1.82, 2.24) is 9.97 Å². The molecule has 1 unspecified atom stereocenters. The summed E-state index contributed by atoms with van der Waals surface area (Å²) in [5.74, 6) is -1.27. The van der Waals surface area contributed by atoms with Crippen LogP contribution in [0.4, 0.5) is 5.69 Å². The smallest absolute Gasteiger partial charge is 0.248 e. The van der Waals surface area contributed by atoms with Crippen molar-refractivity contribution >= 4 is 34.2 Å². The van der Waals surface area contributed by atoms with Crippen molar-refractivity contribution in [2.45, 2.75) is 5.92 Å². The van der Waals surface area contributed by atoms with E-state index in [1.54, 1.807) is 42.5 Å². The summed E-state index contributed by atoms with van der Waals surface area (Å²) in [5, 5.41) is 12.2. The van der Waals surface area contributed by atoms with Gasteiger partial charge >= 0.3 is 0 Å². The van der Waals surface area contributed by atoms with E-state index in [2.05, 4.69) is 15.3 Å². The third-order valence-corrected chi connectivity index (χ3v) is 3.86. The number of ether oxygens (including phenoxy) is 1. The average Bonchev–Trinajstić information content (AvgIpc) is 2.63. The van der Waals surface area contributed by atoms with Crippen LogP contribution in [0.15, 0.2) is 48.5 Å². The first-order valence-corrected chi connectivity index (χ1v) is 7.77. The predicted octanol–water partition coefficient (Wildman–Crippen LogP) is 3.54. The second-order valence-electron chi connectivity index (χ2n) is 5.14. The lowest BCUT2D eigenvalue weighted by Gasteiger charge is -2.13. The van der Waals surface area contributed by atoms with E-state index in [0.717, 1.165) is 0 Å². The topological polar surface area (TPSA) is 87.9 Å². The molecule has 1 heterocycles. The molecule has 1 N–H and O–H groups in total. The normalized spacial score (nSPS) is 11.6. The van der Waals surface area contributed by atoms with Gasteiger partial charge in [0.1, 0.15) is 11.4 Å². The predicted molar refractivity (Wildman–Crippen MR) is 94.5 cm³/mol. The van der Waals surface area contributed by atoms with Crippen molar-refractivity contribution in [2.24, 2.45) is 0 Å². The lowest BCUT2D eigenvalue weighted by Crippen LogP contribution is -2.22. The minimum Gasteiger partial charge on any atom is -0.495 e. The zero-order valence-corrected chi connectivity index (χ0v) is 14.0. The molecule has 1 aromatic heterocycles. The first kappa shape index (κ1) is 16.7. The van der Waals surface area contributed by atoms with Crippen molar-refractivity contribution in [3.05, 3.63) is 59.4 Å². The highest BCUT2D eigenvalue weighted by atomic mass is 35.5. The van der Waals surface area contributed by atoms with Crippen molar-refractivity contribution in [3.63, 3.8) is 0 Å². The Morgan fingerprint density at radius 1 is 1.16 bits per heavy atom. The molecule has 0 fully saturated rings. The monoisotopic (exact) mass is 352 g/mol. The second kappa shape index (κ2) is 7.16. The second-order valence-corrected chi connectivity index (χ2v) is 5.50. The number of benzene rings is 2. The number of fused-ring (bicyclic) bond motifs is 1. The number of hydrogen-bond acceptors (Lipinski definition) is 5. The van der Waals surface area contributed by atoms with E-state index < -0.39 is 11.8 Å². The van der Waals surface area contributed by atoms with E-state index in [9.17, 15) is 10.1 Å². The zero-order chi connectivity index (χ0) is 17.8. The molecule has 124 valence electrons. The zero-order valence-electron chi connectivity index (χ0n) is 13.2. The molecule has 0 aliphatic rings. The Kier molecular flexibility index (Phi) is 4.78. The quantitative estimate of drug-likeness (QED) is 0.775. The SMILES string of the molecule is COc1ccccc1NC(=O)C(C#N)c1nc2ccccc2nc1Cl. The van der Waals surface area contributed by atoms with Crippen molar-refractivity contribution < 1.29 is 9.53 Å². The molecule has 0 aliphatic carbocycles. The third-order valence-electron chi connectivity index (χ3n) is 3.58. The van der Waals surface area contributed by atoms with Crippen molar-refractivity contribution in [1.29, 1.82) is 5.26 Å². The van der Waals surface area contributed by atoms with Gasteiger partial charge in [0.2, 0.25) is 5.91 Å². The van der Waals surface area contributed by atoms with Crippen LogP contribution in [0, 0.1) is 11.3 Å². The van der Waals surface area contributed by atoms with Crippen molar-refractivity contribution in [2.75, 3.05) is 12.4 Å². The lowest BCUT2D eigenvalue weighted by molar-refractivity contribution is -0.116. The summed E-state index contributed by atoms with van der Waals surface area (Å²) in [5.41, 5.74) is 1.74. The maximum Gasteiger partial charge on any atom is 0.248 e. The molecule has 2 aromatic carbocycles. The Labute approximate surface area is 149 Å². The van der Waals surface area contributed by atoms with Crippen LogP contribution in [-0.2, 0) is 4.79 Å². The average molecular weight is 353 g/mol. The Morgan fingerprint density at radius 2 is 1.80 bits per heavy atom. The van der Waals surface area contributed by atoms with E-state index in [1.807, 2.05) is 12.1 Å². The first-order valence-electron chi connectivity index (χ1n) is 7.39. The molecule has 0 saturated heterocycles. The highest BCUT2D eigenvalue weighted by Gasteiger charge is 2.26. The summed E-state index contributed by atoms with van der Waals surface area (Å²) in [6, 6.07) is 16.0. The highest BCUT2D eigenvalue weighted by Crippen LogP contribution is 2.27. The molecule has 0 spiro atoms. The fraction of sp³-hybridized carbons (Fsp3) is 0.111. The van der Waals surface area contributed by atoms with Crippen LogP contribution in [0.2, 0.25) is 5.15 Å². The van der Waals surface area contributed by atoms with Gasteiger partial charge in [-0.05, 0) is 24.3 Å². The number of nitriles is 1.